The van der Waals surface area contributed by atoms with Crippen molar-refractivity contribution in [2.24, 2.45) is 11.0 Å². The van der Waals surface area contributed by atoms with Gasteiger partial charge in [0.1, 0.15) is 11.3 Å². The average Bonchev–Trinajstić information content (AvgIpc) is 2.78. The van der Waals surface area contributed by atoms with Crippen molar-refractivity contribution in [1.82, 2.24) is 10.4 Å². The minimum absolute atomic E-state index is 0.178. The van der Waals surface area contributed by atoms with Crippen molar-refractivity contribution >= 4 is 34.1 Å². The van der Waals surface area contributed by atoms with Crippen LogP contribution in [0.25, 0.3) is 0 Å². The zero-order valence-electron chi connectivity index (χ0n) is 11.9. The maximum absolute atomic E-state index is 12.1. The van der Waals surface area contributed by atoms with Gasteiger partial charge in [-0.15, -0.1) is 11.3 Å². The van der Waals surface area contributed by atoms with Gasteiger partial charge < -0.3 is 15.3 Å². The molecule has 10 heteroatoms. The fourth-order valence-corrected chi connectivity index (χ4v) is 1.66. The molecule has 0 bridgehead atoms. The van der Waals surface area contributed by atoms with E-state index in [1.165, 1.54) is 5.38 Å². The van der Waals surface area contributed by atoms with Crippen LogP contribution in [-0.4, -0.2) is 34.8 Å². The number of aromatic nitrogens is 1. The van der Waals surface area contributed by atoms with Crippen molar-refractivity contribution in [1.29, 1.82) is 0 Å². The highest BCUT2D eigenvalue weighted by Gasteiger charge is 2.25. The van der Waals surface area contributed by atoms with Crippen LogP contribution in [0.4, 0.5) is 5.13 Å². The van der Waals surface area contributed by atoms with Crippen molar-refractivity contribution in [3.8, 4) is 0 Å². The third-order valence-electron chi connectivity index (χ3n) is 1.87. The molecule has 0 aromatic carbocycles. The van der Waals surface area contributed by atoms with Gasteiger partial charge in [0, 0.05) is 5.38 Å². The first-order valence-electron chi connectivity index (χ1n) is 5.87. The summed E-state index contributed by atoms with van der Waals surface area (Å²) in [7, 11) is 0. The van der Waals surface area contributed by atoms with E-state index in [1.807, 2.05) is 5.43 Å². The number of rotatable bonds is 5. The molecule has 21 heavy (non-hydrogen) atoms. The van der Waals surface area contributed by atoms with Crippen LogP contribution in [0.2, 0.25) is 0 Å². The molecule has 0 aliphatic heterocycles. The van der Waals surface area contributed by atoms with Gasteiger partial charge in [0.2, 0.25) is 5.71 Å². The predicted molar refractivity (Wildman–Crippen MR) is 77.2 cm³/mol. The van der Waals surface area contributed by atoms with Crippen molar-refractivity contribution in [2.75, 3.05) is 12.3 Å². The molecule has 0 saturated heterocycles. The molecule has 0 radical (unpaired) electrons. The highest BCUT2D eigenvalue weighted by atomic mass is 32.1. The number of hydrazine groups is 1. The first-order chi connectivity index (χ1) is 9.73. The van der Waals surface area contributed by atoms with Crippen LogP contribution < -0.4 is 17.0 Å². The summed E-state index contributed by atoms with van der Waals surface area (Å²) in [6.07, 6.45) is 0. The van der Waals surface area contributed by atoms with Crippen LogP contribution in [0.15, 0.2) is 10.5 Å². The first-order valence-corrected chi connectivity index (χ1v) is 6.75. The number of amides is 1. The van der Waals surface area contributed by atoms with Crippen molar-refractivity contribution in [3.63, 3.8) is 0 Å². The lowest BCUT2D eigenvalue weighted by Gasteiger charge is -2.19. The molecule has 1 amide bonds. The maximum Gasteiger partial charge on any atom is 0.363 e. The van der Waals surface area contributed by atoms with E-state index in [0.717, 1.165) is 11.3 Å². The summed E-state index contributed by atoms with van der Waals surface area (Å²) in [5.74, 6) is 3.57. The number of nitrogens with one attached hydrogen (secondary N) is 1. The van der Waals surface area contributed by atoms with Crippen LogP contribution in [0, 0.1) is 0 Å². The molecule has 5 N–H and O–H groups in total. The molecule has 9 nitrogen and oxygen atoms in total. The molecule has 0 saturated carbocycles. The predicted octanol–water partition coefficient (Wildman–Crippen LogP) is -0.222. The Morgan fingerprint density at radius 2 is 2.14 bits per heavy atom. The Kier molecular flexibility index (Phi) is 5.61. The third kappa shape index (κ3) is 5.75. The summed E-state index contributed by atoms with van der Waals surface area (Å²) in [5, 5.41) is 5.39. The molecule has 1 heterocycles. The lowest BCUT2D eigenvalue weighted by Crippen LogP contribution is -2.33. The Bertz CT molecular complexity index is 549. The van der Waals surface area contributed by atoms with Gasteiger partial charge >= 0.3 is 5.97 Å². The number of ether oxygens (including phenoxy) is 1. The smallest absolute Gasteiger partial charge is 0.363 e. The van der Waals surface area contributed by atoms with E-state index < -0.39 is 24.1 Å². The summed E-state index contributed by atoms with van der Waals surface area (Å²) < 4.78 is 5.20. The number of esters is 1. The number of oxime groups is 1. The molecule has 0 aliphatic rings. The summed E-state index contributed by atoms with van der Waals surface area (Å²) >= 11 is 1.14. The van der Waals surface area contributed by atoms with E-state index in [9.17, 15) is 9.59 Å². The number of carbonyl (C=O) groups excluding carboxylic acids is 2. The van der Waals surface area contributed by atoms with E-state index in [4.69, 9.17) is 21.2 Å². The molecule has 1 aromatic heterocycles. The summed E-state index contributed by atoms with van der Waals surface area (Å²) in [6.45, 7) is 4.68. The van der Waals surface area contributed by atoms with Crippen molar-refractivity contribution < 1.29 is 19.2 Å². The molecule has 0 spiro atoms. The number of hydrogen-bond acceptors (Lipinski definition) is 9. The topological polar surface area (TPSA) is 142 Å². The number of hydrogen-bond donors (Lipinski definition) is 3. The lowest BCUT2D eigenvalue weighted by atomic mass is 10.2. The number of thiazole rings is 1. The average molecular weight is 315 g/mol. The van der Waals surface area contributed by atoms with Gasteiger partial charge in [0.05, 0.1) is 0 Å². The second-order valence-electron chi connectivity index (χ2n) is 4.85. The summed E-state index contributed by atoms with van der Waals surface area (Å²) in [6, 6.07) is 0. The van der Waals surface area contributed by atoms with Crippen LogP contribution in [-0.2, 0) is 19.2 Å². The highest BCUT2D eigenvalue weighted by Crippen LogP contribution is 2.15. The van der Waals surface area contributed by atoms with Gasteiger partial charge in [0.15, 0.2) is 11.7 Å². The van der Waals surface area contributed by atoms with Crippen LogP contribution in [0.3, 0.4) is 0 Å². The van der Waals surface area contributed by atoms with E-state index in [0.29, 0.717) is 0 Å². The van der Waals surface area contributed by atoms with E-state index in [1.54, 1.807) is 20.8 Å². The Labute approximate surface area is 125 Å². The second kappa shape index (κ2) is 6.99. The molecule has 0 fully saturated rings. The van der Waals surface area contributed by atoms with Gasteiger partial charge in [-0.2, -0.15) is 0 Å². The molecule has 1 aromatic rings. The Morgan fingerprint density at radius 3 is 2.62 bits per heavy atom. The van der Waals surface area contributed by atoms with Crippen LogP contribution in [0.5, 0.6) is 0 Å². The molecular weight excluding hydrogens is 298 g/mol. The Balaban J connectivity index is 2.92. The number of nitrogens with zero attached hydrogens (tertiary/aromatic N) is 2. The third-order valence-corrected chi connectivity index (χ3v) is 2.54. The minimum Gasteiger partial charge on any atom is -0.455 e. The summed E-state index contributed by atoms with van der Waals surface area (Å²) in [5.41, 5.74) is 6.70. The Hall–Kier alpha value is -2.20. The molecule has 116 valence electrons. The van der Waals surface area contributed by atoms with Gasteiger partial charge in [-0.05, 0) is 20.8 Å². The normalized spacial score (nSPS) is 11.9. The monoisotopic (exact) mass is 315 g/mol. The van der Waals surface area contributed by atoms with Gasteiger partial charge in [-0.1, -0.05) is 5.16 Å². The number of anilines is 1. The minimum atomic E-state index is -0.735. The zero-order chi connectivity index (χ0) is 16.0. The molecule has 0 aliphatic carbocycles. The molecule has 0 unspecified atom stereocenters. The van der Waals surface area contributed by atoms with Gasteiger partial charge in [-0.3, -0.25) is 10.2 Å². The summed E-state index contributed by atoms with van der Waals surface area (Å²) in [4.78, 5) is 31.7. The fraction of sp³-hybridized carbons (Fsp3) is 0.455. The fourth-order valence-electron chi connectivity index (χ4n) is 1.11. The van der Waals surface area contributed by atoms with Crippen LogP contribution in [0.1, 0.15) is 26.5 Å². The maximum atomic E-state index is 12.1. The standard InChI is InChI=1S/C11H17N5O4S/c1-11(2,3)20-9(18)8(6-5-21-10(12)14-6)16-19-4-7(17)15-13/h5H,4,13H2,1-3H3,(H2,12,14)(H,15,17). The van der Waals surface area contributed by atoms with Gasteiger partial charge in [-0.25, -0.2) is 15.6 Å². The first kappa shape index (κ1) is 16.9. The quantitative estimate of drug-likeness (QED) is 0.224. The largest absolute Gasteiger partial charge is 0.455 e. The van der Waals surface area contributed by atoms with Crippen molar-refractivity contribution in [2.45, 2.75) is 26.4 Å². The number of nitrogen functional groups attached to an aromatic ring is 1. The van der Waals surface area contributed by atoms with E-state index in [2.05, 4.69) is 10.1 Å². The number of nitrogens with two attached hydrogens (primary N) is 2. The molecular formula is C11H17N5O4S. The highest BCUT2D eigenvalue weighted by molar-refractivity contribution is 7.13. The van der Waals surface area contributed by atoms with E-state index >= 15 is 0 Å². The molecule has 1 rings (SSSR count). The van der Waals surface area contributed by atoms with Gasteiger partial charge in [0.25, 0.3) is 5.91 Å². The SMILES string of the molecule is CC(C)(C)OC(=O)C(=NOCC(=O)NN)c1csc(N)n1. The van der Waals surface area contributed by atoms with Crippen molar-refractivity contribution in [3.05, 3.63) is 11.1 Å². The second-order valence-corrected chi connectivity index (χ2v) is 5.74. The number of carbonyl (C=O) groups is 2. The van der Waals surface area contributed by atoms with Crippen LogP contribution >= 0.6 is 11.3 Å². The zero-order valence-corrected chi connectivity index (χ0v) is 12.7. The molecule has 0 atom stereocenters. The Morgan fingerprint density at radius 1 is 1.48 bits per heavy atom. The van der Waals surface area contributed by atoms with E-state index in [-0.39, 0.29) is 16.5 Å². The lowest BCUT2D eigenvalue weighted by molar-refractivity contribution is -0.146.